The Balaban J connectivity index is 1.83. The van der Waals surface area contributed by atoms with Gasteiger partial charge in [0, 0.05) is 24.5 Å². The van der Waals surface area contributed by atoms with Gasteiger partial charge in [0.05, 0.1) is 11.7 Å². The van der Waals surface area contributed by atoms with Crippen molar-refractivity contribution in [3.05, 3.63) is 36.0 Å². The molecule has 5 nitrogen and oxygen atoms in total. The van der Waals surface area contributed by atoms with Crippen LogP contribution >= 0.6 is 11.5 Å². The van der Waals surface area contributed by atoms with Crippen molar-refractivity contribution in [2.75, 3.05) is 11.1 Å². The average Bonchev–Trinajstić information content (AvgIpc) is 2.94. The Morgan fingerprint density at radius 1 is 1.39 bits per heavy atom. The SMILES string of the molecule is Cn1ncc(CNc2snc3ccccc23)c1N. The fraction of sp³-hybridized carbons (Fsp3) is 0.167. The highest BCUT2D eigenvalue weighted by atomic mass is 32.1. The second kappa shape index (κ2) is 4.30. The van der Waals surface area contributed by atoms with Crippen LogP contribution in [0.4, 0.5) is 10.8 Å². The van der Waals surface area contributed by atoms with Gasteiger partial charge in [-0.15, -0.1) is 0 Å². The van der Waals surface area contributed by atoms with Gasteiger partial charge in [0.25, 0.3) is 0 Å². The van der Waals surface area contributed by atoms with E-state index >= 15 is 0 Å². The monoisotopic (exact) mass is 259 g/mol. The van der Waals surface area contributed by atoms with E-state index < -0.39 is 0 Å². The Hall–Kier alpha value is -2.08. The van der Waals surface area contributed by atoms with Gasteiger partial charge in [0.2, 0.25) is 0 Å². The number of nitrogens with zero attached hydrogens (tertiary/aromatic N) is 3. The zero-order chi connectivity index (χ0) is 12.5. The van der Waals surface area contributed by atoms with Crippen molar-refractivity contribution >= 4 is 33.3 Å². The number of nitrogens with one attached hydrogen (secondary N) is 1. The molecule has 92 valence electrons. The highest BCUT2D eigenvalue weighted by Crippen LogP contribution is 2.27. The van der Waals surface area contributed by atoms with E-state index in [4.69, 9.17) is 5.73 Å². The molecule has 2 heterocycles. The van der Waals surface area contributed by atoms with Gasteiger partial charge in [-0.25, -0.2) is 0 Å². The number of hydrogen-bond acceptors (Lipinski definition) is 5. The molecule has 0 bridgehead atoms. The van der Waals surface area contributed by atoms with Crippen LogP contribution in [0.1, 0.15) is 5.56 Å². The van der Waals surface area contributed by atoms with E-state index in [-0.39, 0.29) is 0 Å². The molecule has 0 saturated heterocycles. The molecule has 0 aliphatic carbocycles. The highest BCUT2D eigenvalue weighted by molar-refractivity contribution is 7.11. The summed E-state index contributed by atoms with van der Waals surface area (Å²) in [6, 6.07) is 8.08. The van der Waals surface area contributed by atoms with E-state index in [1.165, 1.54) is 11.5 Å². The first-order valence-corrected chi connectivity index (χ1v) is 6.37. The van der Waals surface area contributed by atoms with Gasteiger partial charge < -0.3 is 11.1 Å². The molecular formula is C12H13N5S. The van der Waals surface area contributed by atoms with E-state index in [0.717, 1.165) is 21.5 Å². The van der Waals surface area contributed by atoms with Crippen LogP contribution in [0.15, 0.2) is 30.5 Å². The minimum Gasteiger partial charge on any atom is -0.384 e. The number of aryl methyl sites for hydroxylation is 1. The van der Waals surface area contributed by atoms with Gasteiger partial charge in [0.15, 0.2) is 0 Å². The molecule has 18 heavy (non-hydrogen) atoms. The number of hydrogen-bond donors (Lipinski definition) is 2. The molecule has 1 aromatic carbocycles. The first kappa shape index (κ1) is 11.0. The predicted molar refractivity (Wildman–Crippen MR) is 74.6 cm³/mol. The predicted octanol–water partition coefficient (Wildman–Crippen LogP) is 2.22. The molecule has 3 aromatic rings. The molecule has 0 spiro atoms. The molecule has 0 unspecified atom stereocenters. The van der Waals surface area contributed by atoms with Crippen molar-refractivity contribution in [3.8, 4) is 0 Å². The molecule has 0 fully saturated rings. The summed E-state index contributed by atoms with van der Waals surface area (Å²) in [6.45, 7) is 0.659. The van der Waals surface area contributed by atoms with Gasteiger partial charge in [-0.2, -0.15) is 9.47 Å². The Morgan fingerprint density at radius 3 is 3.00 bits per heavy atom. The number of anilines is 2. The normalized spacial score (nSPS) is 10.9. The number of nitrogens with two attached hydrogens (primary N) is 1. The summed E-state index contributed by atoms with van der Waals surface area (Å²) in [5.41, 5.74) is 7.92. The van der Waals surface area contributed by atoms with Crippen LogP contribution < -0.4 is 11.1 Å². The summed E-state index contributed by atoms with van der Waals surface area (Å²) >= 11 is 1.47. The molecule has 0 atom stereocenters. The standard InChI is InChI=1S/C12H13N5S/c1-17-11(13)8(7-15-17)6-14-12-9-4-2-3-5-10(9)16-18-12/h2-5,7,14H,6,13H2,1H3. The molecule has 0 saturated carbocycles. The smallest absolute Gasteiger partial charge is 0.126 e. The van der Waals surface area contributed by atoms with Gasteiger partial charge >= 0.3 is 0 Å². The summed E-state index contributed by atoms with van der Waals surface area (Å²) in [5.74, 6) is 0.691. The molecule has 2 aromatic heterocycles. The first-order chi connectivity index (χ1) is 8.75. The third kappa shape index (κ3) is 1.80. The summed E-state index contributed by atoms with van der Waals surface area (Å²) in [5, 5.41) is 9.69. The summed E-state index contributed by atoms with van der Waals surface area (Å²) in [4.78, 5) is 0. The minimum absolute atomic E-state index is 0.659. The number of aromatic nitrogens is 3. The largest absolute Gasteiger partial charge is 0.384 e. The van der Waals surface area contributed by atoms with Gasteiger partial charge in [-0.05, 0) is 23.7 Å². The molecular weight excluding hydrogens is 246 g/mol. The lowest BCUT2D eigenvalue weighted by Crippen LogP contribution is -2.03. The van der Waals surface area contributed by atoms with Crippen LogP contribution in [0.5, 0.6) is 0 Å². The Kier molecular flexibility index (Phi) is 2.64. The second-order valence-electron chi connectivity index (χ2n) is 4.06. The Labute approximate surface area is 108 Å². The molecule has 0 radical (unpaired) electrons. The number of rotatable bonds is 3. The molecule has 3 N–H and O–H groups in total. The topological polar surface area (TPSA) is 68.8 Å². The van der Waals surface area contributed by atoms with Crippen LogP contribution in [0.2, 0.25) is 0 Å². The van der Waals surface area contributed by atoms with E-state index in [1.807, 2.05) is 25.2 Å². The molecule has 0 aliphatic rings. The number of benzene rings is 1. The fourth-order valence-electron chi connectivity index (χ4n) is 1.82. The van der Waals surface area contributed by atoms with Crippen LogP contribution in [0.25, 0.3) is 10.9 Å². The maximum atomic E-state index is 5.90. The van der Waals surface area contributed by atoms with Crippen molar-refractivity contribution < 1.29 is 0 Å². The molecule has 0 amide bonds. The van der Waals surface area contributed by atoms with Gasteiger partial charge in [-0.3, -0.25) is 4.68 Å². The van der Waals surface area contributed by atoms with Crippen LogP contribution in [-0.4, -0.2) is 14.2 Å². The number of nitrogen functional groups attached to an aromatic ring is 1. The lowest BCUT2D eigenvalue weighted by Gasteiger charge is -2.03. The maximum absolute atomic E-state index is 5.90. The third-order valence-corrected chi connectivity index (χ3v) is 3.72. The quantitative estimate of drug-likeness (QED) is 0.756. The van der Waals surface area contributed by atoms with Gasteiger partial charge in [0.1, 0.15) is 10.8 Å². The summed E-state index contributed by atoms with van der Waals surface area (Å²) in [6.07, 6.45) is 1.78. The summed E-state index contributed by atoms with van der Waals surface area (Å²) in [7, 11) is 1.83. The number of fused-ring (bicyclic) bond motifs is 1. The summed E-state index contributed by atoms with van der Waals surface area (Å²) < 4.78 is 6.05. The van der Waals surface area contributed by atoms with Crippen molar-refractivity contribution in [2.45, 2.75) is 6.54 Å². The minimum atomic E-state index is 0.659. The van der Waals surface area contributed by atoms with Crippen LogP contribution in [0.3, 0.4) is 0 Å². The zero-order valence-electron chi connectivity index (χ0n) is 9.92. The fourth-order valence-corrected chi connectivity index (χ4v) is 2.58. The third-order valence-electron chi connectivity index (χ3n) is 2.89. The van der Waals surface area contributed by atoms with Crippen molar-refractivity contribution in [1.82, 2.24) is 14.2 Å². The van der Waals surface area contributed by atoms with Gasteiger partial charge in [-0.1, -0.05) is 12.1 Å². The molecule has 6 heteroatoms. The lowest BCUT2D eigenvalue weighted by atomic mass is 10.2. The van der Waals surface area contributed by atoms with E-state index in [9.17, 15) is 0 Å². The van der Waals surface area contributed by atoms with Crippen LogP contribution in [0, 0.1) is 0 Å². The highest BCUT2D eigenvalue weighted by Gasteiger charge is 2.07. The van der Waals surface area contributed by atoms with E-state index in [2.05, 4.69) is 20.9 Å². The lowest BCUT2D eigenvalue weighted by molar-refractivity contribution is 0.778. The molecule has 0 aliphatic heterocycles. The van der Waals surface area contributed by atoms with Crippen molar-refractivity contribution in [3.63, 3.8) is 0 Å². The molecule has 3 rings (SSSR count). The second-order valence-corrected chi connectivity index (χ2v) is 4.83. The van der Waals surface area contributed by atoms with E-state index in [1.54, 1.807) is 10.9 Å². The van der Waals surface area contributed by atoms with Crippen molar-refractivity contribution in [1.29, 1.82) is 0 Å². The Bertz CT molecular complexity index is 685. The zero-order valence-corrected chi connectivity index (χ0v) is 10.7. The van der Waals surface area contributed by atoms with Crippen LogP contribution in [-0.2, 0) is 13.6 Å². The Morgan fingerprint density at radius 2 is 2.22 bits per heavy atom. The maximum Gasteiger partial charge on any atom is 0.126 e. The van der Waals surface area contributed by atoms with E-state index in [0.29, 0.717) is 12.4 Å². The average molecular weight is 259 g/mol. The van der Waals surface area contributed by atoms with Crippen molar-refractivity contribution in [2.24, 2.45) is 7.05 Å². The first-order valence-electron chi connectivity index (χ1n) is 5.60.